The van der Waals surface area contributed by atoms with Gasteiger partial charge in [-0.1, -0.05) is 73.5 Å². The van der Waals surface area contributed by atoms with E-state index in [-0.39, 0.29) is 92.6 Å². The van der Waals surface area contributed by atoms with E-state index in [9.17, 15) is 38.4 Å². The van der Waals surface area contributed by atoms with Gasteiger partial charge >= 0.3 is 18.0 Å². The van der Waals surface area contributed by atoms with Gasteiger partial charge in [-0.15, -0.1) is 9.46 Å². The second-order valence-electron chi connectivity index (χ2n) is 21.1. The highest BCUT2D eigenvalue weighted by Gasteiger charge is 2.26. The molecule has 2 aromatic carbocycles. The average molecular weight is 1170 g/mol. The SMILES string of the molecule is CCOC(=O)CCN1CCCCN(CCC(=O)OCC)CCCNC(=NC)c2ccc(n(OCc3ccccc3)c2=O)C(=O)NC[C@H](CCCCCNC(=O)OC(C)(C)C)NC(=O)c2ccc(c(=O)n2OCc2ccccc2)C(=O)NCCC1. The van der Waals surface area contributed by atoms with E-state index in [1.165, 1.54) is 24.3 Å². The van der Waals surface area contributed by atoms with E-state index in [4.69, 9.17) is 23.9 Å². The number of carbonyl (C=O) groups is 6. The van der Waals surface area contributed by atoms with Crippen molar-refractivity contribution in [2.45, 2.75) is 124 Å². The molecular weight excluding hydrogens is 1080 g/mol. The van der Waals surface area contributed by atoms with E-state index in [1.807, 2.05) is 36.4 Å². The molecule has 0 aliphatic carbocycles. The first-order valence-corrected chi connectivity index (χ1v) is 29.2. The predicted octanol–water partition coefficient (Wildman–Crippen LogP) is 4.66. The molecular formula is C61H86N10O13. The maximum Gasteiger partial charge on any atom is 0.407 e. The number of pyridine rings is 2. The van der Waals surface area contributed by atoms with E-state index in [2.05, 4.69) is 41.4 Å². The Balaban J connectivity index is 1.50. The summed E-state index contributed by atoms with van der Waals surface area (Å²) in [5.41, 5.74) is -1.27. The summed E-state index contributed by atoms with van der Waals surface area (Å²) in [6.07, 6.45) is 4.44. The molecule has 458 valence electrons. The number of amidine groups is 1. The number of hydrogen-bond donors (Lipinski definition) is 5. The number of nitrogens with zero attached hydrogens (tertiary/aromatic N) is 5. The smallest absolute Gasteiger partial charge is 0.407 e. The minimum Gasteiger partial charge on any atom is -0.466 e. The van der Waals surface area contributed by atoms with Crippen molar-refractivity contribution in [2.75, 3.05) is 85.7 Å². The molecule has 5 heterocycles. The van der Waals surface area contributed by atoms with Crippen molar-refractivity contribution < 1.29 is 52.7 Å². The summed E-state index contributed by atoms with van der Waals surface area (Å²) in [7, 11) is 1.55. The number of aliphatic imine (C=N–C) groups is 1. The second kappa shape index (κ2) is 35.8. The van der Waals surface area contributed by atoms with Gasteiger partial charge < -0.3 is 60.3 Å². The predicted molar refractivity (Wildman–Crippen MR) is 318 cm³/mol. The average Bonchev–Trinajstić information content (AvgIpc) is 2.66. The maximum atomic E-state index is 14.6. The zero-order valence-electron chi connectivity index (χ0n) is 49.7. The Morgan fingerprint density at radius 2 is 1.12 bits per heavy atom. The molecule has 4 bridgehead atoms. The minimum absolute atomic E-state index is 0.0697. The van der Waals surface area contributed by atoms with Crippen LogP contribution >= 0.6 is 0 Å². The number of alkyl carbamates (subject to hydrolysis) is 1. The molecule has 0 radical (unpaired) electrons. The topological polar surface area (TPSA) is 272 Å². The summed E-state index contributed by atoms with van der Waals surface area (Å²) in [5, 5.41) is 14.7. The van der Waals surface area contributed by atoms with Crippen molar-refractivity contribution in [3.63, 3.8) is 0 Å². The zero-order valence-corrected chi connectivity index (χ0v) is 49.7. The molecule has 23 nitrogen and oxygen atoms in total. The Hall–Kier alpha value is -8.05. The number of nitrogens with one attached hydrogen (secondary N) is 5. The lowest BCUT2D eigenvalue weighted by Crippen LogP contribution is -2.47. The Labute approximate surface area is 492 Å². The number of amides is 4. The third-order valence-electron chi connectivity index (χ3n) is 13.4. The molecule has 0 saturated carbocycles. The van der Waals surface area contributed by atoms with Crippen molar-refractivity contribution in [3.8, 4) is 0 Å². The van der Waals surface area contributed by atoms with Crippen LogP contribution in [0.25, 0.3) is 0 Å². The molecule has 0 spiro atoms. The largest absolute Gasteiger partial charge is 0.466 e. The number of aromatic nitrogens is 2. The molecule has 0 saturated heterocycles. The monoisotopic (exact) mass is 1170 g/mol. The Bertz CT molecular complexity index is 2890. The number of esters is 2. The van der Waals surface area contributed by atoms with Gasteiger partial charge in [0.25, 0.3) is 28.8 Å². The number of fused-ring (bicyclic) bond motifs is 2. The Kier molecular flexibility index (Phi) is 28.5. The first-order valence-electron chi connectivity index (χ1n) is 29.2. The molecule has 1 atom stereocenters. The number of rotatable bonds is 20. The second-order valence-corrected chi connectivity index (χ2v) is 21.1. The van der Waals surface area contributed by atoms with Gasteiger partial charge in [-0.25, -0.2) is 4.79 Å². The van der Waals surface area contributed by atoms with Crippen LogP contribution in [0.5, 0.6) is 0 Å². The molecule has 4 aromatic rings. The molecule has 3 aliphatic rings. The molecule has 5 N–H and O–H groups in total. The van der Waals surface area contributed by atoms with Crippen LogP contribution in [0.15, 0.2) is 99.5 Å². The van der Waals surface area contributed by atoms with Crippen molar-refractivity contribution in [1.29, 1.82) is 0 Å². The lowest BCUT2D eigenvalue weighted by atomic mass is 10.1. The van der Waals surface area contributed by atoms with Crippen molar-refractivity contribution in [2.24, 2.45) is 4.99 Å². The van der Waals surface area contributed by atoms with Crippen LogP contribution in [0, 0.1) is 0 Å². The Morgan fingerprint density at radius 1 is 0.607 bits per heavy atom. The first kappa shape index (κ1) is 66.7. The zero-order chi connectivity index (χ0) is 60.7. The third-order valence-corrected chi connectivity index (χ3v) is 13.4. The first-order chi connectivity index (χ1) is 40.5. The molecule has 0 unspecified atom stereocenters. The highest BCUT2D eigenvalue weighted by molar-refractivity contribution is 6.00. The van der Waals surface area contributed by atoms with E-state index in [1.54, 1.807) is 65.9 Å². The lowest BCUT2D eigenvalue weighted by molar-refractivity contribution is -0.144. The maximum absolute atomic E-state index is 14.6. The van der Waals surface area contributed by atoms with E-state index < -0.39 is 46.6 Å². The van der Waals surface area contributed by atoms with Gasteiger partial charge in [-0.05, 0) is 135 Å². The fourth-order valence-corrected chi connectivity index (χ4v) is 9.11. The molecule has 2 aromatic heterocycles. The molecule has 0 fully saturated rings. The quantitative estimate of drug-likeness (QED) is 0.0457. The number of unbranched alkanes of at least 4 members (excludes halogenated alkanes) is 2. The van der Waals surface area contributed by atoms with Crippen LogP contribution in [0.2, 0.25) is 0 Å². The van der Waals surface area contributed by atoms with E-state index in [0.717, 1.165) is 27.9 Å². The highest BCUT2D eigenvalue weighted by Crippen LogP contribution is 2.12. The van der Waals surface area contributed by atoms with E-state index in [0.29, 0.717) is 96.4 Å². The van der Waals surface area contributed by atoms with Crippen molar-refractivity contribution >= 4 is 41.6 Å². The summed E-state index contributed by atoms with van der Waals surface area (Å²) >= 11 is 0. The van der Waals surface area contributed by atoms with Gasteiger partial charge in [0.1, 0.15) is 41.6 Å². The van der Waals surface area contributed by atoms with Gasteiger partial charge in [-0.2, -0.15) is 0 Å². The summed E-state index contributed by atoms with van der Waals surface area (Å²) in [5.74, 6) is -2.46. The van der Waals surface area contributed by atoms with Crippen LogP contribution < -0.4 is 47.4 Å². The Morgan fingerprint density at radius 3 is 1.65 bits per heavy atom. The number of carbonyl (C=O) groups excluding carboxylic acids is 6. The number of hydrogen-bond acceptors (Lipinski definition) is 16. The standard InChI is InChI=1S/C61H86N10O13/c1-7-80-52(72)31-40-68-36-18-19-37-69(41-32-53(73)81-8-2)39-21-35-64-55(74)49-28-30-51(71(59(49)78)83-44-46-24-14-10-15-25-46)57(76)67-47(26-16-11-17-33-65-60(79)84-61(3,4)5)42-66-56(75)50-29-27-48(54(62-6)63-34-20-38-68)58(77)70(50)82-43-45-22-12-9-13-23-45/h9-10,12-15,22-25,27-30,47H,7-8,11,16-21,26,31-44H2,1-6H3,(H,62,63)(H,64,74)(H,65,79)(H,66,75)(H,67,76)/t47-/m0/s1. The van der Waals surface area contributed by atoms with Gasteiger partial charge in [0, 0.05) is 52.4 Å². The fraction of sp³-hybridized carbons (Fsp3) is 0.525. The van der Waals surface area contributed by atoms with Crippen molar-refractivity contribution in [3.05, 3.63) is 139 Å². The minimum atomic E-state index is -0.881. The third kappa shape index (κ3) is 23.3. The van der Waals surface area contributed by atoms with Gasteiger partial charge in [0.15, 0.2) is 0 Å². The molecule has 84 heavy (non-hydrogen) atoms. The molecule has 4 amide bonds. The van der Waals surface area contributed by atoms with Crippen LogP contribution in [-0.2, 0) is 37.0 Å². The molecule has 7 rings (SSSR count). The summed E-state index contributed by atoms with van der Waals surface area (Å²) in [6.45, 7) is 13.2. The van der Waals surface area contributed by atoms with Gasteiger partial charge in [0.2, 0.25) is 0 Å². The normalized spacial score (nSPS) is 16.3. The summed E-state index contributed by atoms with van der Waals surface area (Å²) in [4.78, 5) is 130. The van der Waals surface area contributed by atoms with Crippen molar-refractivity contribution in [1.82, 2.24) is 45.8 Å². The van der Waals surface area contributed by atoms with Crippen LogP contribution in [0.3, 0.4) is 0 Å². The van der Waals surface area contributed by atoms with Crippen LogP contribution in [0.4, 0.5) is 4.79 Å². The van der Waals surface area contributed by atoms with Crippen LogP contribution in [-0.4, -0.2) is 158 Å². The van der Waals surface area contributed by atoms with Crippen LogP contribution in [0.1, 0.15) is 147 Å². The molecule has 23 heteroatoms. The summed E-state index contributed by atoms with van der Waals surface area (Å²) in [6, 6.07) is 22.9. The van der Waals surface area contributed by atoms with Gasteiger partial charge in [0.05, 0.1) is 31.6 Å². The highest BCUT2D eigenvalue weighted by atomic mass is 16.7. The number of benzene rings is 2. The molecule has 3 aliphatic heterocycles. The fourth-order valence-electron chi connectivity index (χ4n) is 9.11. The lowest BCUT2D eigenvalue weighted by Gasteiger charge is -2.25. The number of ether oxygens (including phenoxy) is 3. The van der Waals surface area contributed by atoms with E-state index >= 15 is 0 Å². The van der Waals surface area contributed by atoms with Gasteiger partial charge in [-0.3, -0.25) is 38.6 Å². The summed E-state index contributed by atoms with van der Waals surface area (Å²) < 4.78 is 17.6.